The highest BCUT2D eigenvalue weighted by Crippen LogP contribution is 2.20. The molecule has 1 heterocycles. The molecule has 0 aromatic heterocycles. The second kappa shape index (κ2) is 6.58. The van der Waals surface area contributed by atoms with E-state index in [2.05, 4.69) is 0 Å². The lowest BCUT2D eigenvalue weighted by atomic mass is 10.1. The summed E-state index contributed by atoms with van der Waals surface area (Å²) in [5.74, 6) is -0.321. The largest absolute Gasteiger partial charge is 0.497 e. The highest BCUT2D eigenvalue weighted by atomic mass is 16.5. The minimum absolute atomic E-state index is 0.0919. The van der Waals surface area contributed by atoms with Gasteiger partial charge < -0.3 is 19.5 Å². The number of nitrogens with zero attached hydrogens (tertiary/aromatic N) is 1. The molecule has 0 radical (unpaired) electrons. The molecule has 1 saturated heterocycles. The molecule has 0 bridgehead atoms. The van der Waals surface area contributed by atoms with Crippen molar-refractivity contribution in [2.75, 3.05) is 26.8 Å². The quantitative estimate of drug-likeness (QED) is 0.906. The van der Waals surface area contributed by atoms with Crippen LogP contribution in [-0.4, -0.2) is 54.8 Å². The Bertz CT molecular complexity index is 543. The van der Waals surface area contributed by atoms with Crippen LogP contribution in [0.15, 0.2) is 18.2 Å². The van der Waals surface area contributed by atoms with Crippen LogP contribution in [0.5, 0.6) is 5.75 Å². The molecule has 1 unspecified atom stereocenters. The van der Waals surface area contributed by atoms with E-state index >= 15 is 0 Å². The van der Waals surface area contributed by atoms with E-state index in [0.29, 0.717) is 31.0 Å². The SMILES string of the molecule is COc1ccc(C(=O)N2CCOC(CC(=O)O)C2)c(C)c1. The number of rotatable bonds is 4. The first-order chi connectivity index (χ1) is 10.0. The summed E-state index contributed by atoms with van der Waals surface area (Å²) in [7, 11) is 1.58. The Hall–Kier alpha value is -2.08. The molecule has 6 nitrogen and oxygen atoms in total. The van der Waals surface area contributed by atoms with Crippen LogP contribution in [0.4, 0.5) is 0 Å². The molecule has 1 atom stereocenters. The number of hydrogen-bond donors (Lipinski definition) is 1. The van der Waals surface area contributed by atoms with Crippen LogP contribution >= 0.6 is 0 Å². The maximum Gasteiger partial charge on any atom is 0.306 e. The molecular formula is C15H19NO5. The number of carboxylic acid groups (broad SMARTS) is 1. The first-order valence-electron chi connectivity index (χ1n) is 6.78. The Morgan fingerprint density at radius 2 is 2.24 bits per heavy atom. The van der Waals surface area contributed by atoms with Crippen molar-refractivity contribution in [2.24, 2.45) is 0 Å². The van der Waals surface area contributed by atoms with Crippen LogP contribution in [0.1, 0.15) is 22.3 Å². The number of benzene rings is 1. The summed E-state index contributed by atoms with van der Waals surface area (Å²) in [5.41, 5.74) is 1.44. The minimum Gasteiger partial charge on any atom is -0.497 e. The van der Waals surface area contributed by atoms with E-state index in [-0.39, 0.29) is 12.3 Å². The van der Waals surface area contributed by atoms with E-state index in [4.69, 9.17) is 14.6 Å². The maximum atomic E-state index is 12.5. The molecule has 0 saturated carbocycles. The van der Waals surface area contributed by atoms with Crippen molar-refractivity contribution in [2.45, 2.75) is 19.4 Å². The molecule has 1 N–H and O–H groups in total. The number of carboxylic acids is 1. The molecule has 1 aromatic rings. The van der Waals surface area contributed by atoms with Crippen molar-refractivity contribution in [3.05, 3.63) is 29.3 Å². The highest BCUT2D eigenvalue weighted by Gasteiger charge is 2.27. The molecule has 6 heteroatoms. The zero-order chi connectivity index (χ0) is 15.4. The number of methoxy groups -OCH3 is 1. The van der Waals surface area contributed by atoms with Crippen molar-refractivity contribution in [3.63, 3.8) is 0 Å². The number of hydrogen-bond acceptors (Lipinski definition) is 4. The fourth-order valence-electron chi connectivity index (χ4n) is 2.40. The summed E-state index contributed by atoms with van der Waals surface area (Å²) < 4.78 is 10.5. The smallest absolute Gasteiger partial charge is 0.306 e. The van der Waals surface area contributed by atoms with Crippen molar-refractivity contribution in [3.8, 4) is 5.75 Å². The third-order valence-electron chi connectivity index (χ3n) is 3.49. The second-order valence-corrected chi connectivity index (χ2v) is 5.02. The molecule has 1 aromatic carbocycles. The topological polar surface area (TPSA) is 76.1 Å². The van der Waals surface area contributed by atoms with Gasteiger partial charge in [0.2, 0.25) is 0 Å². The van der Waals surface area contributed by atoms with E-state index in [1.54, 1.807) is 24.1 Å². The third kappa shape index (κ3) is 3.72. The molecule has 21 heavy (non-hydrogen) atoms. The predicted molar refractivity (Wildman–Crippen MR) is 75.6 cm³/mol. The van der Waals surface area contributed by atoms with Gasteiger partial charge in [0, 0.05) is 18.7 Å². The molecule has 1 aliphatic rings. The van der Waals surface area contributed by atoms with Gasteiger partial charge in [-0.15, -0.1) is 0 Å². The van der Waals surface area contributed by atoms with Gasteiger partial charge in [0.15, 0.2) is 0 Å². The van der Waals surface area contributed by atoms with Crippen LogP contribution in [0.3, 0.4) is 0 Å². The van der Waals surface area contributed by atoms with E-state index in [1.807, 2.05) is 13.0 Å². The number of morpholine rings is 1. The number of aryl methyl sites for hydroxylation is 1. The molecule has 0 spiro atoms. The van der Waals surface area contributed by atoms with Gasteiger partial charge in [-0.05, 0) is 30.7 Å². The lowest BCUT2D eigenvalue weighted by molar-refractivity contribution is -0.141. The van der Waals surface area contributed by atoms with Gasteiger partial charge in [0.25, 0.3) is 5.91 Å². The molecule has 1 amide bonds. The van der Waals surface area contributed by atoms with Gasteiger partial charge in [0.05, 0.1) is 26.2 Å². The summed E-state index contributed by atoms with van der Waals surface area (Å²) in [6.07, 6.45) is -0.537. The van der Waals surface area contributed by atoms with Crippen LogP contribution in [0, 0.1) is 6.92 Å². The summed E-state index contributed by atoms with van der Waals surface area (Å²) in [6.45, 7) is 2.99. The highest BCUT2D eigenvalue weighted by molar-refractivity contribution is 5.96. The van der Waals surface area contributed by atoms with Gasteiger partial charge in [-0.3, -0.25) is 9.59 Å². The molecule has 114 valence electrons. The van der Waals surface area contributed by atoms with E-state index in [1.165, 1.54) is 0 Å². The standard InChI is InChI=1S/C15H19NO5/c1-10-7-11(20-2)3-4-13(10)15(19)16-5-6-21-12(9-16)8-14(17)18/h3-4,7,12H,5-6,8-9H2,1-2H3,(H,17,18). The fraction of sp³-hybridized carbons (Fsp3) is 0.467. The van der Waals surface area contributed by atoms with Crippen molar-refractivity contribution < 1.29 is 24.2 Å². The molecule has 1 fully saturated rings. The summed E-state index contributed by atoms with van der Waals surface area (Å²) in [4.78, 5) is 24.9. The lowest BCUT2D eigenvalue weighted by Gasteiger charge is -2.32. The zero-order valence-corrected chi connectivity index (χ0v) is 12.2. The van der Waals surface area contributed by atoms with Crippen molar-refractivity contribution in [1.29, 1.82) is 0 Å². The lowest BCUT2D eigenvalue weighted by Crippen LogP contribution is -2.46. The van der Waals surface area contributed by atoms with Crippen LogP contribution in [-0.2, 0) is 9.53 Å². The van der Waals surface area contributed by atoms with E-state index < -0.39 is 12.1 Å². The average Bonchev–Trinajstić information content (AvgIpc) is 2.46. The zero-order valence-electron chi connectivity index (χ0n) is 12.2. The van der Waals surface area contributed by atoms with Crippen LogP contribution < -0.4 is 4.74 Å². The number of carbonyl (C=O) groups excluding carboxylic acids is 1. The monoisotopic (exact) mass is 293 g/mol. The van der Waals surface area contributed by atoms with Crippen molar-refractivity contribution in [1.82, 2.24) is 4.90 Å². The Balaban J connectivity index is 2.10. The maximum absolute atomic E-state index is 12.5. The minimum atomic E-state index is -0.921. The van der Waals surface area contributed by atoms with Gasteiger partial charge in [-0.2, -0.15) is 0 Å². The molecular weight excluding hydrogens is 274 g/mol. The Labute approximate surface area is 123 Å². The summed E-state index contributed by atoms with van der Waals surface area (Å²) >= 11 is 0. The van der Waals surface area contributed by atoms with E-state index in [9.17, 15) is 9.59 Å². The number of carbonyl (C=O) groups is 2. The second-order valence-electron chi connectivity index (χ2n) is 5.02. The van der Waals surface area contributed by atoms with Gasteiger partial charge in [-0.25, -0.2) is 0 Å². The van der Waals surface area contributed by atoms with Crippen molar-refractivity contribution >= 4 is 11.9 Å². The average molecular weight is 293 g/mol. The number of ether oxygens (including phenoxy) is 2. The Morgan fingerprint density at radius 1 is 1.48 bits per heavy atom. The van der Waals surface area contributed by atoms with Gasteiger partial charge in [0.1, 0.15) is 5.75 Å². The predicted octanol–water partition coefficient (Wildman–Crippen LogP) is 1.32. The number of aliphatic carboxylic acids is 1. The Kier molecular flexibility index (Phi) is 4.80. The fourth-order valence-corrected chi connectivity index (χ4v) is 2.40. The summed E-state index contributed by atoms with van der Waals surface area (Å²) in [5, 5.41) is 8.81. The van der Waals surface area contributed by atoms with E-state index in [0.717, 1.165) is 5.56 Å². The molecule has 1 aliphatic heterocycles. The molecule has 0 aliphatic carbocycles. The number of amides is 1. The summed E-state index contributed by atoms with van der Waals surface area (Å²) in [6, 6.07) is 5.29. The third-order valence-corrected chi connectivity index (χ3v) is 3.49. The van der Waals surface area contributed by atoms with Gasteiger partial charge >= 0.3 is 5.97 Å². The first-order valence-corrected chi connectivity index (χ1v) is 6.78. The first kappa shape index (κ1) is 15.3. The normalized spacial score (nSPS) is 18.4. The Morgan fingerprint density at radius 3 is 2.86 bits per heavy atom. The van der Waals surface area contributed by atoms with Crippen LogP contribution in [0.2, 0.25) is 0 Å². The molecule has 2 rings (SSSR count). The van der Waals surface area contributed by atoms with Gasteiger partial charge in [-0.1, -0.05) is 0 Å². The van der Waals surface area contributed by atoms with Crippen LogP contribution in [0.25, 0.3) is 0 Å².